The monoisotopic (exact) mass is 291 g/mol. The third kappa shape index (κ3) is 4.37. The number of benzene rings is 1. The van der Waals surface area contributed by atoms with Crippen molar-refractivity contribution in [2.24, 2.45) is 0 Å². The van der Waals surface area contributed by atoms with Crippen molar-refractivity contribution >= 4 is 10.9 Å². The van der Waals surface area contributed by atoms with Gasteiger partial charge in [0, 0.05) is 29.2 Å². The van der Waals surface area contributed by atoms with E-state index in [4.69, 9.17) is 0 Å². The smallest absolute Gasteiger partial charge is 0.189 e. The summed E-state index contributed by atoms with van der Waals surface area (Å²) in [6.07, 6.45) is 1.08. The highest BCUT2D eigenvalue weighted by Gasteiger charge is 2.06. The Kier molecular flexibility index (Phi) is 5.09. The number of hydrogen-bond donors (Lipinski definition) is 1. The minimum Gasteiger partial charge on any atom is -0.357 e. The molecule has 1 heterocycles. The quantitative estimate of drug-likeness (QED) is 0.885. The molecule has 1 aromatic carbocycles. The Morgan fingerprint density at radius 1 is 1.14 bits per heavy atom. The maximum absolute atomic E-state index is 13.2. The zero-order valence-corrected chi connectivity index (χ0v) is 12.8. The molecule has 1 aromatic heterocycles. The second kappa shape index (κ2) is 6.83. The molecule has 0 saturated carbocycles. The van der Waals surface area contributed by atoms with Crippen LogP contribution in [0.2, 0.25) is 0 Å². The summed E-state index contributed by atoms with van der Waals surface area (Å²) in [6, 6.07) is 5.81. The van der Waals surface area contributed by atoms with Gasteiger partial charge in [0.15, 0.2) is 5.43 Å². The van der Waals surface area contributed by atoms with Crippen LogP contribution in [0.5, 0.6) is 0 Å². The number of aromatic amines is 1. The normalized spacial score (nSPS) is 11.7. The maximum atomic E-state index is 13.2. The Labute approximate surface area is 124 Å². The number of hydrogen-bond acceptors (Lipinski definition) is 3. The van der Waals surface area contributed by atoms with Crippen LogP contribution in [0.15, 0.2) is 29.1 Å². The first-order valence-corrected chi connectivity index (χ1v) is 7.10. The number of fused-ring (bicyclic) bond motifs is 1. The van der Waals surface area contributed by atoms with Gasteiger partial charge in [0.25, 0.3) is 0 Å². The summed E-state index contributed by atoms with van der Waals surface area (Å²) >= 11 is 0. The molecular formula is C16H22FN3O. The van der Waals surface area contributed by atoms with Crippen molar-refractivity contribution in [3.05, 3.63) is 46.0 Å². The Bertz CT molecular complexity index is 666. The van der Waals surface area contributed by atoms with Crippen LogP contribution in [0.25, 0.3) is 10.9 Å². The molecule has 0 fully saturated rings. The Morgan fingerprint density at radius 3 is 2.62 bits per heavy atom. The predicted octanol–water partition coefficient (Wildman–Crippen LogP) is 2.05. The molecule has 5 heteroatoms. The van der Waals surface area contributed by atoms with Crippen molar-refractivity contribution in [2.75, 3.05) is 34.2 Å². The van der Waals surface area contributed by atoms with Crippen molar-refractivity contribution in [3.8, 4) is 0 Å². The molecule has 0 bridgehead atoms. The molecule has 0 amide bonds. The van der Waals surface area contributed by atoms with Crippen LogP contribution >= 0.6 is 0 Å². The molecule has 21 heavy (non-hydrogen) atoms. The number of H-pyrrole nitrogens is 1. The topological polar surface area (TPSA) is 39.3 Å². The number of rotatable bonds is 6. The van der Waals surface area contributed by atoms with Gasteiger partial charge < -0.3 is 14.8 Å². The van der Waals surface area contributed by atoms with Crippen molar-refractivity contribution in [2.45, 2.75) is 13.0 Å². The fourth-order valence-electron chi connectivity index (χ4n) is 2.39. The van der Waals surface area contributed by atoms with Crippen LogP contribution in [0, 0.1) is 5.82 Å². The summed E-state index contributed by atoms with van der Waals surface area (Å²) in [5.74, 6) is -0.387. The van der Waals surface area contributed by atoms with Gasteiger partial charge in [-0.05, 0) is 58.9 Å². The molecule has 4 nitrogen and oxygen atoms in total. The molecule has 1 N–H and O–H groups in total. The Hall–Kier alpha value is -1.72. The van der Waals surface area contributed by atoms with Gasteiger partial charge in [-0.15, -0.1) is 0 Å². The van der Waals surface area contributed by atoms with Crippen molar-refractivity contribution < 1.29 is 4.39 Å². The summed E-state index contributed by atoms with van der Waals surface area (Å²) < 4.78 is 13.2. The lowest BCUT2D eigenvalue weighted by Crippen LogP contribution is -2.24. The summed E-state index contributed by atoms with van der Waals surface area (Å²) in [4.78, 5) is 19.6. The number of halogens is 1. The van der Waals surface area contributed by atoms with E-state index in [0.717, 1.165) is 25.2 Å². The van der Waals surface area contributed by atoms with E-state index in [2.05, 4.69) is 28.9 Å². The first-order valence-electron chi connectivity index (χ1n) is 7.10. The SMILES string of the molecule is CN(C)CCCN(C)Cc1cc(=O)c2cc(F)ccc2[nH]1. The Balaban J connectivity index is 2.09. The lowest BCUT2D eigenvalue weighted by Gasteiger charge is -2.18. The second-order valence-corrected chi connectivity index (χ2v) is 5.74. The highest BCUT2D eigenvalue weighted by Crippen LogP contribution is 2.11. The number of aromatic nitrogens is 1. The van der Waals surface area contributed by atoms with Crippen LogP contribution in [-0.2, 0) is 6.54 Å². The fourth-order valence-corrected chi connectivity index (χ4v) is 2.39. The van der Waals surface area contributed by atoms with E-state index in [9.17, 15) is 9.18 Å². The second-order valence-electron chi connectivity index (χ2n) is 5.74. The zero-order valence-electron chi connectivity index (χ0n) is 12.8. The first-order chi connectivity index (χ1) is 9.95. The molecule has 0 unspecified atom stereocenters. The van der Waals surface area contributed by atoms with Crippen molar-refractivity contribution in [3.63, 3.8) is 0 Å². The van der Waals surface area contributed by atoms with E-state index in [1.807, 2.05) is 7.05 Å². The van der Waals surface area contributed by atoms with Crippen molar-refractivity contribution in [1.82, 2.24) is 14.8 Å². The predicted molar refractivity (Wildman–Crippen MR) is 84.0 cm³/mol. The van der Waals surface area contributed by atoms with Crippen LogP contribution in [0.1, 0.15) is 12.1 Å². The van der Waals surface area contributed by atoms with Gasteiger partial charge in [0.05, 0.1) is 0 Å². The average Bonchev–Trinajstić information content (AvgIpc) is 2.39. The summed E-state index contributed by atoms with van der Waals surface area (Å²) in [5.41, 5.74) is 1.40. The molecule has 0 aliphatic heterocycles. The van der Waals surface area contributed by atoms with Crippen LogP contribution in [-0.4, -0.2) is 49.0 Å². The molecule has 0 aliphatic rings. The summed E-state index contributed by atoms with van der Waals surface area (Å²) in [5, 5.41) is 0.397. The van der Waals surface area contributed by atoms with E-state index in [-0.39, 0.29) is 11.2 Å². The summed E-state index contributed by atoms with van der Waals surface area (Å²) in [6.45, 7) is 2.68. The van der Waals surface area contributed by atoms with Crippen molar-refractivity contribution in [1.29, 1.82) is 0 Å². The lowest BCUT2D eigenvalue weighted by atomic mass is 10.2. The Morgan fingerprint density at radius 2 is 1.90 bits per heavy atom. The largest absolute Gasteiger partial charge is 0.357 e. The number of nitrogens with one attached hydrogen (secondary N) is 1. The number of pyridine rings is 1. The van der Waals surface area contributed by atoms with E-state index in [0.29, 0.717) is 17.4 Å². The van der Waals surface area contributed by atoms with Gasteiger partial charge in [-0.1, -0.05) is 0 Å². The van der Waals surface area contributed by atoms with Gasteiger partial charge >= 0.3 is 0 Å². The standard InChI is InChI=1S/C16H22FN3O/c1-19(2)7-4-8-20(3)11-13-10-16(21)14-9-12(17)5-6-15(14)18-13/h5-6,9-10H,4,7-8,11H2,1-3H3,(H,18,21). The fraction of sp³-hybridized carbons (Fsp3) is 0.438. The average molecular weight is 291 g/mol. The molecule has 0 spiro atoms. The van der Waals surface area contributed by atoms with Crippen LogP contribution in [0.4, 0.5) is 4.39 Å². The minimum absolute atomic E-state index is 0.139. The molecule has 0 radical (unpaired) electrons. The van der Waals surface area contributed by atoms with Gasteiger partial charge in [0.1, 0.15) is 5.82 Å². The van der Waals surface area contributed by atoms with Gasteiger partial charge in [0.2, 0.25) is 0 Å². The van der Waals surface area contributed by atoms with Gasteiger partial charge in [-0.3, -0.25) is 4.79 Å². The van der Waals surface area contributed by atoms with E-state index >= 15 is 0 Å². The third-order valence-corrected chi connectivity index (χ3v) is 3.43. The van der Waals surface area contributed by atoms with E-state index < -0.39 is 0 Å². The highest BCUT2D eigenvalue weighted by atomic mass is 19.1. The van der Waals surface area contributed by atoms with Crippen LogP contribution in [0.3, 0.4) is 0 Å². The zero-order chi connectivity index (χ0) is 15.4. The van der Waals surface area contributed by atoms with E-state index in [1.54, 1.807) is 12.1 Å². The van der Waals surface area contributed by atoms with Gasteiger partial charge in [-0.2, -0.15) is 0 Å². The molecular weight excluding hydrogens is 269 g/mol. The molecule has 2 aromatic rings. The maximum Gasteiger partial charge on any atom is 0.189 e. The molecule has 2 rings (SSSR count). The third-order valence-electron chi connectivity index (χ3n) is 3.43. The molecule has 0 saturated heterocycles. The molecule has 0 aliphatic carbocycles. The first kappa shape index (κ1) is 15.7. The number of nitrogens with zero attached hydrogens (tertiary/aromatic N) is 2. The molecule has 114 valence electrons. The van der Waals surface area contributed by atoms with Gasteiger partial charge in [-0.25, -0.2) is 4.39 Å². The molecule has 0 atom stereocenters. The van der Waals surface area contributed by atoms with E-state index in [1.165, 1.54) is 12.1 Å². The van der Waals surface area contributed by atoms with Crippen LogP contribution < -0.4 is 5.43 Å². The lowest BCUT2D eigenvalue weighted by molar-refractivity contribution is 0.292. The highest BCUT2D eigenvalue weighted by molar-refractivity contribution is 5.78. The summed E-state index contributed by atoms with van der Waals surface area (Å²) in [7, 11) is 6.14. The minimum atomic E-state index is -0.387.